The minimum Gasteiger partial charge on any atom is -0.482 e. The Hall–Kier alpha value is -2.41. The van der Waals surface area contributed by atoms with Gasteiger partial charge in [-0.1, -0.05) is 0 Å². The van der Waals surface area contributed by atoms with Gasteiger partial charge in [0.25, 0.3) is 11.8 Å². The van der Waals surface area contributed by atoms with Gasteiger partial charge in [-0.15, -0.1) is 11.3 Å². The van der Waals surface area contributed by atoms with Crippen molar-refractivity contribution in [3.63, 3.8) is 0 Å². The summed E-state index contributed by atoms with van der Waals surface area (Å²) in [6.07, 6.45) is 0. The fourth-order valence-electron chi connectivity index (χ4n) is 2.11. The quantitative estimate of drug-likeness (QED) is 0.923. The standard InChI is InChI=1S/C15H15N3O3S/c1-8-9(2)22-15(16-8)17-14(20)10-4-5-12-11(6-10)18(3)13(19)7-21-12/h4-6H,7H2,1-3H3,(H,16,17,20). The number of aromatic nitrogens is 1. The second-order valence-electron chi connectivity index (χ2n) is 5.04. The predicted molar refractivity (Wildman–Crippen MR) is 84.9 cm³/mol. The lowest BCUT2D eigenvalue weighted by atomic mass is 10.1. The van der Waals surface area contributed by atoms with Gasteiger partial charge in [0, 0.05) is 17.5 Å². The number of hydrogen-bond acceptors (Lipinski definition) is 5. The molecule has 0 aliphatic carbocycles. The van der Waals surface area contributed by atoms with E-state index in [1.807, 2.05) is 13.8 Å². The molecule has 0 saturated heterocycles. The SMILES string of the molecule is Cc1nc(NC(=O)c2ccc3c(c2)N(C)C(=O)CO3)sc1C. The summed E-state index contributed by atoms with van der Waals surface area (Å²) in [4.78, 5) is 30.8. The van der Waals surface area contributed by atoms with Crippen LogP contribution in [0.3, 0.4) is 0 Å². The molecule has 0 saturated carbocycles. The highest BCUT2D eigenvalue weighted by Gasteiger charge is 2.23. The summed E-state index contributed by atoms with van der Waals surface area (Å²) in [5, 5.41) is 3.34. The molecule has 2 heterocycles. The lowest BCUT2D eigenvalue weighted by Crippen LogP contribution is -2.35. The summed E-state index contributed by atoms with van der Waals surface area (Å²) in [6.45, 7) is 3.88. The van der Waals surface area contributed by atoms with Crippen molar-refractivity contribution in [2.75, 3.05) is 23.9 Å². The van der Waals surface area contributed by atoms with Crippen molar-refractivity contribution in [3.8, 4) is 5.75 Å². The minimum atomic E-state index is -0.261. The number of ether oxygens (including phenoxy) is 1. The number of likely N-dealkylation sites (N-methyl/N-ethyl adjacent to an activating group) is 1. The average Bonchev–Trinajstić information content (AvgIpc) is 2.81. The van der Waals surface area contributed by atoms with Crippen molar-refractivity contribution in [2.45, 2.75) is 13.8 Å². The van der Waals surface area contributed by atoms with Crippen LogP contribution < -0.4 is 15.0 Å². The number of carbonyl (C=O) groups is 2. The molecule has 2 amide bonds. The number of nitrogens with zero attached hydrogens (tertiary/aromatic N) is 2. The van der Waals surface area contributed by atoms with Gasteiger partial charge in [0.1, 0.15) is 5.75 Å². The molecule has 0 radical (unpaired) electrons. The first-order valence-electron chi connectivity index (χ1n) is 6.74. The van der Waals surface area contributed by atoms with Gasteiger partial charge in [-0.2, -0.15) is 0 Å². The number of carbonyl (C=O) groups excluding carboxylic acids is 2. The number of thiazole rings is 1. The second kappa shape index (κ2) is 5.42. The third kappa shape index (κ3) is 2.55. The van der Waals surface area contributed by atoms with E-state index >= 15 is 0 Å². The Balaban J connectivity index is 1.86. The highest BCUT2D eigenvalue weighted by molar-refractivity contribution is 7.15. The monoisotopic (exact) mass is 317 g/mol. The van der Waals surface area contributed by atoms with E-state index in [0.29, 0.717) is 22.1 Å². The van der Waals surface area contributed by atoms with Crippen LogP contribution in [0.1, 0.15) is 20.9 Å². The van der Waals surface area contributed by atoms with Gasteiger partial charge in [0.05, 0.1) is 11.4 Å². The van der Waals surface area contributed by atoms with Crippen LogP contribution in [0.4, 0.5) is 10.8 Å². The van der Waals surface area contributed by atoms with E-state index in [1.54, 1.807) is 25.2 Å². The van der Waals surface area contributed by atoms with Crippen molar-refractivity contribution < 1.29 is 14.3 Å². The van der Waals surface area contributed by atoms with Gasteiger partial charge < -0.3 is 9.64 Å². The van der Waals surface area contributed by atoms with Crippen LogP contribution in [0.15, 0.2) is 18.2 Å². The maximum Gasteiger partial charge on any atom is 0.264 e. The zero-order valence-corrected chi connectivity index (χ0v) is 13.3. The normalized spacial score (nSPS) is 13.6. The van der Waals surface area contributed by atoms with E-state index in [-0.39, 0.29) is 18.4 Å². The summed E-state index contributed by atoms with van der Waals surface area (Å²) in [5.74, 6) is 0.193. The molecule has 2 aromatic rings. The number of nitrogens with one attached hydrogen (secondary N) is 1. The van der Waals surface area contributed by atoms with E-state index in [0.717, 1.165) is 10.6 Å². The van der Waals surface area contributed by atoms with Gasteiger partial charge in [-0.05, 0) is 32.0 Å². The molecule has 1 aromatic heterocycles. The Labute approximate surface area is 131 Å². The lowest BCUT2D eigenvalue weighted by molar-refractivity contribution is -0.120. The molecule has 114 valence electrons. The minimum absolute atomic E-state index is 0.0205. The summed E-state index contributed by atoms with van der Waals surface area (Å²) in [6, 6.07) is 5.02. The molecular formula is C15H15N3O3S. The molecule has 0 fully saturated rings. The average molecular weight is 317 g/mol. The van der Waals surface area contributed by atoms with E-state index in [4.69, 9.17) is 4.74 Å². The van der Waals surface area contributed by atoms with Crippen LogP contribution in [-0.4, -0.2) is 30.5 Å². The van der Waals surface area contributed by atoms with Crippen LogP contribution in [0, 0.1) is 13.8 Å². The van der Waals surface area contributed by atoms with Crippen molar-refractivity contribution in [1.29, 1.82) is 0 Å². The van der Waals surface area contributed by atoms with Crippen LogP contribution in [0.25, 0.3) is 0 Å². The first-order chi connectivity index (χ1) is 10.5. The Morgan fingerprint density at radius 3 is 2.86 bits per heavy atom. The molecule has 3 rings (SSSR count). The fraction of sp³-hybridized carbons (Fsp3) is 0.267. The number of hydrogen-bond donors (Lipinski definition) is 1. The number of fused-ring (bicyclic) bond motifs is 1. The zero-order chi connectivity index (χ0) is 15.9. The van der Waals surface area contributed by atoms with Gasteiger partial charge >= 0.3 is 0 Å². The number of anilines is 2. The number of benzene rings is 1. The molecule has 0 bridgehead atoms. The van der Waals surface area contributed by atoms with E-state index in [2.05, 4.69) is 10.3 Å². The Kier molecular flexibility index (Phi) is 3.58. The van der Waals surface area contributed by atoms with Gasteiger partial charge in [0.2, 0.25) is 0 Å². The van der Waals surface area contributed by atoms with Crippen LogP contribution >= 0.6 is 11.3 Å². The lowest BCUT2D eigenvalue weighted by Gasteiger charge is -2.26. The third-order valence-electron chi connectivity index (χ3n) is 3.56. The predicted octanol–water partition coefficient (Wildman–Crippen LogP) is 2.37. The molecule has 1 aromatic carbocycles. The Morgan fingerprint density at radius 1 is 1.41 bits per heavy atom. The molecule has 0 unspecified atom stereocenters. The molecule has 1 aliphatic rings. The van der Waals surface area contributed by atoms with Crippen LogP contribution in [0.2, 0.25) is 0 Å². The summed E-state index contributed by atoms with van der Waals surface area (Å²) < 4.78 is 5.35. The van der Waals surface area contributed by atoms with E-state index in [1.165, 1.54) is 16.2 Å². The van der Waals surface area contributed by atoms with Crippen molar-refractivity contribution >= 4 is 34.0 Å². The van der Waals surface area contributed by atoms with Gasteiger partial charge in [-0.25, -0.2) is 4.98 Å². The van der Waals surface area contributed by atoms with E-state index in [9.17, 15) is 9.59 Å². The first kappa shape index (κ1) is 14.5. The maximum atomic E-state index is 12.3. The van der Waals surface area contributed by atoms with Crippen LogP contribution in [-0.2, 0) is 4.79 Å². The number of aryl methyl sites for hydroxylation is 2. The zero-order valence-electron chi connectivity index (χ0n) is 12.5. The molecule has 6 nitrogen and oxygen atoms in total. The molecule has 1 N–H and O–H groups in total. The fourth-order valence-corrected chi connectivity index (χ4v) is 2.92. The van der Waals surface area contributed by atoms with Crippen molar-refractivity contribution in [1.82, 2.24) is 4.98 Å². The summed E-state index contributed by atoms with van der Waals surface area (Å²) in [5.41, 5.74) is 1.95. The Bertz CT molecular complexity index is 750. The topological polar surface area (TPSA) is 71.5 Å². The van der Waals surface area contributed by atoms with Gasteiger partial charge in [0.15, 0.2) is 11.7 Å². The summed E-state index contributed by atoms with van der Waals surface area (Å²) >= 11 is 1.43. The van der Waals surface area contributed by atoms with Crippen molar-refractivity contribution in [3.05, 3.63) is 34.3 Å². The van der Waals surface area contributed by atoms with Gasteiger partial charge in [-0.3, -0.25) is 14.9 Å². The number of amides is 2. The first-order valence-corrected chi connectivity index (χ1v) is 7.56. The number of rotatable bonds is 2. The largest absolute Gasteiger partial charge is 0.482 e. The van der Waals surface area contributed by atoms with E-state index < -0.39 is 0 Å². The second-order valence-corrected chi connectivity index (χ2v) is 6.24. The molecular weight excluding hydrogens is 302 g/mol. The highest BCUT2D eigenvalue weighted by atomic mass is 32.1. The molecule has 7 heteroatoms. The third-order valence-corrected chi connectivity index (χ3v) is 4.55. The Morgan fingerprint density at radius 2 is 2.18 bits per heavy atom. The van der Waals surface area contributed by atoms with Crippen LogP contribution in [0.5, 0.6) is 5.75 Å². The molecule has 1 aliphatic heterocycles. The smallest absolute Gasteiger partial charge is 0.264 e. The van der Waals surface area contributed by atoms with Crippen molar-refractivity contribution in [2.24, 2.45) is 0 Å². The highest BCUT2D eigenvalue weighted by Crippen LogP contribution is 2.32. The molecule has 0 atom stereocenters. The molecule has 22 heavy (non-hydrogen) atoms. The molecule has 0 spiro atoms. The maximum absolute atomic E-state index is 12.3. The summed E-state index contributed by atoms with van der Waals surface area (Å²) in [7, 11) is 1.67.